The van der Waals surface area contributed by atoms with E-state index in [0.717, 1.165) is 39.3 Å². The smallest absolute Gasteiger partial charge is 0.241 e. The van der Waals surface area contributed by atoms with Gasteiger partial charge in [0.25, 0.3) is 0 Å². The molecule has 5 nitrogen and oxygen atoms in total. The van der Waals surface area contributed by atoms with Gasteiger partial charge in [0.05, 0.1) is 12.1 Å². The summed E-state index contributed by atoms with van der Waals surface area (Å²) in [5.41, 5.74) is 1.22. The van der Waals surface area contributed by atoms with Crippen LogP contribution in [0.1, 0.15) is 11.6 Å². The van der Waals surface area contributed by atoms with Crippen molar-refractivity contribution in [3.05, 3.63) is 35.9 Å². The largest absolute Gasteiger partial charge is 0.332 e. The Balaban J connectivity index is 1.79. The van der Waals surface area contributed by atoms with Crippen molar-refractivity contribution in [3.63, 3.8) is 0 Å². The number of piperazine rings is 2. The van der Waals surface area contributed by atoms with Gasteiger partial charge in [-0.05, 0) is 12.6 Å². The molecule has 2 atom stereocenters. The normalized spacial score (nSPS) is 27.6. The van der Waals surface area contributed by atoms with Crippen molar-refractivity contribution >= 4 is 5.91 Å². The van der Waals surface area contributed by atoms with Crippen LogP contribution in [-0.4, -0.2) is 68.1 Å². The molecular weight excluding hydrogens is 264 g/mol. The Bertz CT molecular complexity index is 472. The van der Waals surface area contributed by atoms with Crippen LogP contribution in [0.5, 0.6) is 0 Å². The van der Waals surface area contributed by atoms with Gasteiger partial charge in [-0.3, -0.25) is 4.79 Å². The number of nitrogens with zero attached hydrogens (tertiary/aromatic N) is 2. The molecule has 2 aliphatic heterocycles. The van der Waals surface area contributed by atoms with E-state index in [1.54, 1.807) is 0 Å². The summed E-state index contributed by atoms with van der Waals surface area (Å²) < 4.78 is 0. The average molecular weight is 288 g/mol. The zero-order chi connectivity index (χ0) is 14.7. The van der Waals surface area contributed by atoms with Crippen LogP contribution in [0.25, 0.3) is 0 Å². The van der Waals surface area contributed by atoms with Crippen LogP contribution in [0.4, 0.5) is 0 Å². The highest BCUT2D eigenvalue weighted by molar-refractivity contribution is 5.83. The summed E-state index contributed by atoms with van der Waals surface area (Å²) in [5.74, 6) is 0.226. The SMILES string of the molecule is CN1CCN(C(=O)C2CNCCN2)C(c2ccccc2)C1. The molecule has 21 heavy (non-hydrogen) atoms. The van der Waals surface area contributed by atoms with Gasteiger partial charge in [0.1, 0.15) is 0 Å². The van der Waals surface area contributed by atoms with Crippen molar-refractivity contribution in [1.29, 1.82) is 0 Å². The first kappa shape index (κ1) is 14.5. The lowest BCUT2D eigenvalue weighted by Gasteiger charge is -2.42. The van der Waals surface area contributed by atoms with Gasteiger partial charge in [0.15, 0.2) is 0 Å². The minimum atomic E-state index is -0.0895. The van der Waals surface area contributed by atoms with E-state index in [0.29, 0.717) is 0 Å². The molecule has 5 heteroatoms. The zero-order valence-corrected chi connectivity index (χ0v) is 12.6. The third-order valence-corrected chi connectivity index (χ3v) is 4.39. The summed E-state index contributed by atoms with van der Waals surface area (Å²) in [4.78, 5) is 17.2. The molecule has 0 aromatic heterocycles. The third kappa shape index (κ3) is 3.26. The Morgan fingerprint density at radius 1 is 1.19 bits per heavy atom. The van der Waals surface area contributed by atoms with E-state index >= 15 is 0 Å². The number of nitrogens with one attached hydrogen (secondary N) is 2. The molecule has 0 radical (unpaired) electrons. The zero-order valence-electron chi connectivity index (χ0n) is 12.6. The summed E-state index contributed by atoms with van der Waals surface area (Å²) in [6.45, 7) is 5.17. The molecule has 3 rings (SSSR count). The van der Waals surface area contributed by atoms with Gasteiger partial charge < -0.3 is 20.4 Å². The number of carbonyl (C=O) groups excluding carboxylic acids is 1. The molecule has 1 aromatic rings. The van der Waals surface area contributed by atoms with Crippen molar-refractivity contribution in [3.8, 4) is 0 Å². The fourth-order valence-electron chi connectivity index (χ4n) is 3.17. The summed E-state index contributed by atoms with van der Waals surface area (Å²) in [6, 6.07) is 10.4. The maximum absolute atomic E-state index is 12.8. The van der Waals surface area contributed by atoms with Crippen LogP contribution in [0, 0.1) is 0 Å². The molecule has 1 aromatic carbocycles. The molecule has 2 N–H and O–H groups in total. The lowest BCUT2D eigenvalue weighted by atomic mass is 10.0. The van der Waals surface area contributed by atoms with Crippen molar-refractivity contribution in [2.75, 3.05) is 46.3 Å². The first-order chi connectivity index (χ1) is 10.3. The summed E-state index contributed by atoms with van der Waals surface area (Å²) in [5, 5.41) is 6.63. The van der Waals surface area contributed by atoms with Gasteiger partial charge in [-0.15, -0.1) is 0 Å². The Labute approximate surface area is 126 Å². The van der Waals surface area contributed by atoms with Crippen LogP contribution in [-0.2, 0) is 4.79 Å². The summed E-state index contributed by atoms with van der Waals surface area (Å²) in [6.07, 6.45) is 0. The molecule has 1 amide bonds. The fraction of sp³-hybridized carbons (Fsp3) is 0.562. The minimum Gasteiger partial charge on any atom is -0.332 e. The van der Waals surface area contributed by atoms with Crippen LogP contribution in [0.3, 0.4) is 0 Å². The van der Waals surface area contributed by atoms with Crippen LogP contribution < -0.4 is 10.6 Å². The van der Waals surface area contributed by atoms with Gasteiger partial charge in [0.2, 0.25) is 5.91 Å². The molecule has 2 unspecified atom stereocenters. The molecule has 0 spiro atoms. The number of rotatable bonds is 2. The second-order valence-corrected chi connectivity index (χ2v) is 5.93. The van der Waals surface area contributed by atoms with Gasteiger partial charge >= 0.3 is 0 Å². The topological polar surface area (TPSA) is 47.6 Å². The first-order valence-corrected chi connectivity index (χ1v) is 7.74. The summed E-state index contributed by atoms with van der Waals surface area (Å²) in [7, 11) is 2.12. The van der Waals surface area contributed by atoms with Crippen molar-refractivity contribution < 1.29 is 4.79 Å². The number of hydrogen-bond donors (Lipinski definition) is 2. The standard InChI is InChI=1S/C16H24N4O/c1-19-9-10-20(16(21)14-11-17-7-8-18-14)15(12-19)13-5-3-2-4-6-13/h2-6,14-15,17-18H,7-12H2,1H3. The number of likely N-dealkylation sites (N-methyl/N-ethyl adjacent to an activating group) is 1. The first-order valence-electron chi connectivity index (χ1n) is 7.74. The molecule has 114 valence electrons. The van der Waals surface area contributed by atoms with E-state index in [1.807, 2.05) is 18.2 Å². The van der Waals surface area contributed by atoms with E-state index in [1.165, 1.54) is 5.56 Å². The Kier molecular flexibility index (Phi) is 4.53. The van der Waals surface area contributed by atoms with Crippen LogP contribution in [0.2, 0.25) is 0 Å². The van der Waals surface area contributed by atoms with E-state index in [-0.39, 0.29) is 18.0 Å². The van der Waals surface area contributed by atoms with E-state index in [2.05, 4.69) is 39.6 Å². The Hall–Kier alpha value is -1.43. The van der Waals surface area contributed by atoms with Crippen molar-refractivity contribution in [1.82, 2.24) is 20.4 Å². The maximum Gasteiger partial charge on any atom is 0.241 e. The van der Waals surface area contributed by atoms with Gasteiger partial charge in [-0.1, -0.05) is 30.3 Å². The van der Waals surface area contributed by atoms with Crippen LogP contribution in [0.15, 0.2) is 30.3 Å². The molecule has 2 aliphatic rings. The van der Waals surface area contributed by atoms with Gasteiger partial charge in [-0.25, -0.2) is 0 Å². The lowest BCUT2D eigenvalue weighted by Crippen LogP contribution is -2.60. The highest BCUT2D eigenvalue weighted by Gasteiger charge is 2.34. The molecule has 2 heterocycles. The number of benzene rings is 1. The Morgan fingerprint density at radius 2 is 2.00 bits per heavy atom. The molecule has 0 aliphatic carbocycles. The predicted octanol–water partition coefficient (Wildman–Crippen LogP) is 0.0631. The average Bonchev–Trinajstić information content (AvgIpc) is 2.56. The molecular formula is C16H24N4O. The maximum atomic E-state index is 12.8. The number of hydrogen-bond acceptors (Lipinski definition) is 4. The highest BCUT2D eigenvalue weighted by Crippen LogP contribution is 2.25. The van der Waals surface area contributed by atoms with E-state index < -0.39 is 0 Å². The number of amides is 1. The fourth-order valence-corrected chi connectivity index (χ4v) is 3.17. The quantitative estimate of drug-likeness (QED) is 0.808. The highest BCUT2D eigenvalue weighted by atomic mass is 16.2. The van der Waals surface area contributed by atoms with Crippen LogP contribution >= 0.6 is 0 Å². The summed E-state index contributed by atoms with van der Waals surface area (Å²) >= 11 is 0. The lowest BCUT2D eigenvalue weighted by molar-refractivity contribution is -0.138. The molecule has 0 saturated carbocycles. The predicted molar refractivity (Wildman–Crippen MR) is 83.1 cm³/mol. The van der Waals surface area contributed by atoms with E-state index in [4.69, 9.17) is 0 Å². The minimum absolute atomic E-state index is 0.0895. The number of carbonyl (C=O) groups is 1. The van der Waals surface area contributed by atoms with Crippen molar-refractivity contribution in [2.24, 2.45) is 0 Å². The second-order valence-electron chi connectivity index (χ2n) is 5.93. The Morgan fingerprint density at radius 3 is 2.71 bits per heavy atom. The van der Waals surface area contributed by atoms with Gasteiger partial charge in [0, 0.05) is 39.3 Å². The monoisotopic (exact) mass is 288 g/mol. The van der Waals surface area contributed by atoms with Crippen molar-refractivity contribution in [2.45, 2.75) is 12.1 Å². The molecule has 0 bridgehead atoms. The molecule has 2 fully saturated rings. The second kappa shape index (κ2) is 6.56. The van der Waals surface area contributed by atoms with Gasteiger partial charge in [-0.2, -0.15) is 0 Å². The third-order valence-electron chi connectivity index (χ3n) is 4.39. The molecule has 2 saturated heterocycles. The van der Waals surface area contributed by atoms with E-state index in [9.17, 15) is 4.79 Å².